The first kappa shape index (κ1) is 44.0. The van der Waals surface area contributed by atoms with Crippen LogP contribution in [0.3, 0.4) is 0 Å². The number of aryl methyl sites for hydroxylation is 1. The van der Waals surface area contributed by atoms with Crippen LogP contribution in [0.1, 0.15) is 68.0 Å². The largest absolute Gasteiger partial charge is 0.467 e. The SMILES string of the molecule is C.COC(=O)[C@@H]1CN(C(=O)CC(C)=O)CCN1C(=O)OC(C)(C)C.COC(=O)[C@@H]1CN(c2cc(C)nn2-c2ccccc2)CCN1C(=O)OC(C)(C)C. The van der Waals surface area contributed by atoms with E-state index in [1.54, 1.807) is 41.5 Å². The number of para-hydroxylation sites is 1. The van der Waals surface area contributed by atoms with Crippen LogP contribution < -0.4 is 4.90 Å². The molecule has 3 amide bonds. The molecule has 2 aromatic rings. The van der Waals surface area contributed by atoms with Gasteiger partial charge < -0.3 is 28.7 Å². The lowest BCUT2D eigenvalue weighted by atomic mass is 10.1. The molecule has 0 N–H and O–H groups in total. The van der Waals surface area contributed by atoms with E-state index in [0.29, 0.717) is 19.6 Å². The molecule has 53 heavy (non-hydrogen) atoms. The maximum atomic E-state index is 12.6. The van der Waals surface area contributed by atoms with Crippen molar-refractivity contribution in [2.75, 3.05) is 58.4 Å². The van der Waals surface area contributed by atoms with Gasteiger partial charge in [0.1, 0.15) is 22.8 Å². The van der Waals surface area contributed by atoms with Gasteiger partial charge in [0.25, 0.3) is 0 Å². The predicted molar refractivity (Wildman–Crippen MR) is 197 cm³/mol. The lowest BCUT2D eigenvalue weighted by Gasteiger charge is -2.40. The normalized spacial score (nSPS) is 17.4. The number of carbonyl (C=O) groups excluding carboxylic acids is 6. The number of hydrogen-bond donors (Lipinski definition) is 0. The van der Waals surface area contributed by atoms with E-state index in [4.69, 9.17) is 18.9 Å². The number of ketones is 1. The number of anilines is 1. The highest BCUT2D eigenvalue weighted by molar-refractivity contribution is 5.97. The summed E-state index contributed by atoms with van der Waals surface area (Å²) in [6.07, 6.45) is -1.37. The number of carbonyl (C=O) groups is 6. The third-order valence-corrected chi connectivity index (χ3v) is 7.85. The first-order valence-electron chi connectivity index (χ1n) is 17.0. The van der Waals surface area contributed by atoms with Gasteiger partial charge in [0, 0.05) is 32.2 Å². The summed E-state index contributed by atoms with van der Waals surface area (Å²) < 4.78 is 22.3. The van der Waals surface area contributed by atoms with E-state index >= 15 is 0 Å². The van der Waals surface area contributed by atoms with Crippen LogP contribution in [0.25, 0.3) is 5.69 Å². The van der Waals surface area contributed by atoms with E-state index in [0.717, 1.165) is 17.2 Å². The summed E-state index contributed by atoms with van der Waals surface area (Å²) in [7, 11) is 2.54. The Kier molecular flexibility index (Phi) is 15.4. The van der Waals surface area contributed by atoms with Crippen LogP contribution in [-0.2, 0) is 38.1 Å². The van der Waals surface area contributed by atoms with E-state index in [1.165, 1.54) is 35.8 Å². The van der Waals surface area contributed by atoms with Gasteiger partial charge in [0.15, 0.2) is 12.1 Å². The summed E-state index contributed by atoms with van der Waals surface area (Å²) in [4.78, 5) is 78.5. The molecule has 16 heteroatoms. The summed E-state index contributed by atoms with van der Waals surface area (Å²) in [6.45, 7) is 15.4. The van der Waals surface area contributed by atoms with E-state index in [-0.39, 0.29) is 45.2 Å². The lowest BCUT2D eigenvalue weighted by molar-refractivity contribution is -0.151. The fourth-order valence-corrected chi connectivity index (χ4v) is 5.55. The zero-order valence-electron chi connectivity index (χ0n) is 31.8. The molecule has 1 aromatic heterocycles. The van der Waals surface area contributed by atoms with Crippen molar-refractivity contribution in [2.24, 2.45) is 0 Å². The smallest absolute Gasteiger partial charge is 0.411 e. The van der Waals surface area contributed by atoms with Gasteiger partial charge in [-0.25, -0.2) is 23.9 Å². The number of methoxy groups -OCH3 is 2. The lowest BCUT2D eigenvalue weighted by Crippen LogP contribution is -2.60. The molecular formula is C37H56N6O10. The average Bonchev–Trinajstić information content (AvgIpc) is 3.47. The molecule has 0 saturated carbocycles. The van der Waals surface area contributed by atoms with Crippen LogP contribution in [0.5, 0.6) is 0 Å². The minimum atomic E-state index is -0.945. The fraction of sp³-hybridized carbons (Fsp3) is 0.595. The Hall–Kier alpha value is -5.15. The molecule has 2 atom stereocenters. The summed E-state index contributed by atoms with van der Waals surface area (Å²) in [5, 5.41) is 4.60. The zero-order chi connectivity index (χ0) is 39.0. The minimum absolute atomic E-state index is 0. The monoisotopic (exact) mass is 744 g/mol. The first-order chi connectivity index (χ1) is 24.2. The van der Waals surface area contributed by atoms with E-state index in [1.807, 2.05) is 48.0 Å². The second-order valence-corrected chi connectivity index (χ2v) is 14.5. The maximum absolute atomic E-state index is 12.6. The van der Waals surface area contributed by atoms with Gasteiger partial charge in [-0.1, -0.05) is 25.6 Å². The Labute approximate surface area is 312 Å². The van der Waals surface area contributed by atoms with Crippen molar-refractivity contribution in [3.8, 4) is 5.69 Å². The van der Waals surface area contributed by atoms with Gasteiger partial charge in [0.05, 0.1) is 45.1 Å². The van der Waals surface area contributed by atoms with Crippen molar-refractivity contribution in [3.05, 3.63) is 42.1 Å². The number of ether oxygens (including phenoxy) is 4. The van der Waals surface area contributed by atoms with Crippen molar-refractivity contribution in [1.82, 2.24) is 24.5 Å². The molecule has 0 radical (unpaired) electrons. The predicted octanol–water partition coefficient (Wildman–Crippen LogP) is 4.00. The Balaban J connectivity index is 0.000000370. The molecule has 0 unspecified atom stereocenters. The Morgan fingerprint density at radius 2 is 1.25 bits per heavy atom. The van der Waals surface area contributed by atoms with Gasteiger partial charge in [-0.05, 0) is 67.5 Å². The molecule has 3 heterocycles. The number of Topliss-reactive ketones (excluding diaryl/α,β-unsaturated/α-hetero) is 1. The molecule has 0 aliphatic carbocycles. The van der Waals surface area contributed by atoms with Crippen LogP contribution in [0.15, 0.2) is 36.4 Å². The highest BCUT2D eigenvalue weighted by Gasteiger charge is 2.41. The maximum Gasteiger partial charge on any atom is 0.411 e. The van der Waals surface area contributed by atoms with Crippen LogP contribution in [0.4, 0.5) is 15.4 Å². The summed E-state index contributed by atoms with van der Waals surface area (Å²) in [6, 6.07) is 10.1. The average molecular weight is 745 g/mol. The second kappa shape index (κ2) is 18.6. The van der Waals surface area contributed by atoms with E-state index in [2.05, 4.69) is 10.00 Å². The Bertz CT molecular complexity index is 1600. The molecule has 2 aliphatic heterocycles. The van der Waals surface area contributed by atoms with Gasteiger partial charge in [0.2, 0.25) is 5.91 Å². The van der Waals surface area contributed by atoms with Crippen LogP contribution >= 0.6 is 0 Å². The summed E-state index contributed by atoms with van der Waals surface area (Å²) >= 11 is 0. The van der Waals surface area contributed by atoms with Gasteiger partial charge in [-0.15, -0.1) is 0 Å². The molecule has 0 spiro atoms. The number of hydrogen-bond acceptors (Lipinski definition) is 12. The second-order valence-electron chi connectivity index (χ2n) is 14.5. The molecular weight excluding hydrogens is 688 g/mol. The number of aromatic nitrogens is 2. The molecule has 4 rings (SSSR count). The summed E-state index contributed by atoms with van der Waals surface area (Å²) in [5.74, 6) is -0.847. The molecule has 2 fully saturated rings. The quantitative estimate of drug-likeness (QED) is 0.237. The van der Waals surface area contributed by atoms with Crippen LogP contribution in [0, 0.1) is 6.92 Å². The van der Waals surface area contributed by atoms with Crippen molar-refractivity contribution in [1.29, 1.82) is 0 Å². The first-order valence-corrected chi connectivity index (χ1v) is 17.0. The minimum Gasteiger partial charge on any atom is -0.467 e. The third kappa shape index (κ3) is 12.5. The zero-order valence-corrected chi connectivity index (χ0v) is 31.8. The number of benzene rings is 1. The number of rotatable bonds is 6. The van der Waals surface area contributed by atoms with Crippen LogP contribution in [0.2, 0.25) is 0 Å². The Morgan fingerprint density at radius 3 is 1.72 bits per heavy atom. The van der Waals surface area contributed by atoms with E-state index in [9.17, 15) is 28.8 Å². The number of nitrogens with zero attached hydrogens (tertiary/aromatic N) is 6. The van der Waals surface area contributed by atoms with Crippen molar-refractivity contribution in [2.45, 2.75) is 92.5 Å². The fourth-order valence-electron chi connectivity index (χ4n) is 5.55. The molecule has 2 aliphatic rings. The molecule has 2 saturated heterocycles. The van der Waals surface area contributed by atoms with Crippen molar-refractivity contribution >= 4 is 41.6 Å². The van der Waals surface area contributed by atoms with E-state index < -0.39 is 47.4 Å². The van der Waals surface area contributed by atoms with Gasteiger partial charge in [-0.2, -0.15) is 5.10 Å². The molecule has 1 aromatic carbocycles. The standard InChI is InChI=1S/C21H28N4O4.C15H24N2O6.CH4/c1-15-13-18(25(22-15)16-9-7-6-8-10-16)23-11-12-24(17(14-23)19(26)28-5)20(27)29-21(2,3)4;1-10(18)8-12(19)16-6-7-17(11(9-16)13(20)22-5)14(21)23-15(2,3)4;/h6-10,13,17H,11-12,14H2,1-5H3;11H,6-9H2,1-5H3;1H4/t17-;11-;/m00./s1. The van der Waals surface area contributed by atoms with Crippen LogP contribution in [-0.4, -0.2) is 137 Å². The Morgan fingerprint density at radius 1 is 0.755 bits per heavy atom. The summed E-state index contributed by atoms with van der Waals surface area (Å²) in [5.41, 5.74) is 0.463. The molecule has 16 nitrogen and oxygen atoms in total. The van der Waals surface area contributed by atoms with Crippen molar-refractivity contribution < 1.29 is 47.7 Å². The number of amides is 3. The number of esters is 2. The topological polar surface area (TPSA) is 170 Å². The molecule has 294 valence electrons. The van der Waals surface area contributed by atoms with Crippen molar-refractivity contribution in [3.63, 3.8) is 0 Å². The van der Waals surface area contributed by atoms with Gasteiger partial charge in [-0.3, -0.25) is 19.4 Å². The highest BCUT2D eigenvalue weighted by atomic mass is 16.6. The highest BCUT2D eigenvalue weighted by Crippen LogP contribution is 2.26. The molecule has 0 bridgehead atoms. The third-order valence-electron chi connectivity index (χ3n) is 7.85. The van der Waals surface area contributed by atoms with Gasteiger partial charge >= 0.3 is 24.1 Å². The number of piperazine rings is 2.